The van der Waals surface area contributed by atoms with Gasteiger partial charge in [0, 0.05) is 21.3 Å². The van der Waals surface area contributed by atoms with Crippen LogP contribution in [0.5, 0.6) is 0 Å². The van der Waals surface area contributed by atoms with Gasteiger partial charge < -0.3 is 10.1 Å². The van der Waals surface area contributed by atoms with Gasteiger partial charge in [0.2, 0.25) is 11.1 Å². The molecule has 4 rings (SSSR count). The Morgan fingerprint density at radius 1 is 1.43 bits per heavy atom. The Hall–Kier alpha value is -2.36. The van der Waals surface area contributed by atoms with Crippen LogP contribution in [0.3, 0.4) is 0 Å². The van der Waals surface area contributed by atoms with Crippen molar-refractivity contribution in [2.24, 2.45) is 0 Å². The van der Waals surface area contributed by atoms with Gasteiger partial charge in [-0.3, -0.25) is 0 Å². The molecule has 0 saturated heterocycles. The Morgan fingerprint density at radius 3 is 2.97 bits per heavy atom. The number of nitrogens with zero attached hydrogens (tertiary/aromatic N) is 3. The van der Waals surface area contributed by atoms with E-state index in [1.165, 1.54) is 35.2 Å². The molecule has 0 amide bonds. The molecule has 1 aliphatic heterocycles. The fourth-order valence-corrected chi connectivity index (χ4v) is 5.12. The molecule has 0 aliphatic carbocycles. The van der Waals surface area contributed by atoms with Crippen LogP contribution in [0, 0.1) is 5.82 Å². The topological polar surface area (TPSA) is 69.0 Å². The van der Waals surface area contributed by atoms with E-state index >= 15 is 0 Å². The maximum absolute atomic E-state index is 13.3. The minimum Gasteiger partial charge on any atom is -0.463 e. The molecule has 0 bridgehead atoms. The van der Waals surface area contributed by atoms with Crippen molar-refractivity contribution < 1.29 is 13.9 Å². The summed E-state index contributed by atoms with van der Waals surface area (Å²) in [6.45, 7) is 3.90. The summed E-state index contributed by atoms with van der Waals surface area (Å²) in [5, 5.41) is 10.6. The fourth-order valence-electron chi connectivity index (χ4n) is 3.16. The first-order valence-corrected chi connectivity index (χ1v) is 11.4. The summed E-state index contributed by atoms with van der Waals surface area (Å²) < 4.78 is 20.3. The molecule has 0 unspecified atom stereocenters. The van der Waals surface area contributed by atoms with E-state index in [0.717, 1.165) is 10.4 Å². The van der Waals surface area contributed by atoms with Crippen molar-refractivity contribution >= 4 is 46.6 Å². The molecule has 3 heterocycles. The molecule has 1 N–H and O–H groups in total. The number of rotatable bonds is 6. The monoisotopic (exact) mass is 464 g/mol. The molecule has 0 fully saturated rings. The summed E-state index contributed by atoms with van der Waals surface area (Å²) in [7, 11) is 0. The maximum atomic E-state index is 13.3. The fraction of sp³-hybridized carbons (Fsp3) is 0.250. The number of thiophene rings is 1. The number of hydrogen-bond donors (Lipinski definition) is 1. The van der Waals surface area contributed by atoms with Crippen LogP contribution in [0.2, 0.25) is 5.02 Å². The van der Waals surface area contributed by atoms with E-state index in [4.69, 9.17) is 16.3 Å². The SMILES string of the molecule is CCOC(=O)C1=C(C)Nc2nc(SCc3ccc(F)cc3Cl)nn2[C@H]1c1cccs1. The van der Waals surface area contributed by atoms with Crippen LogP contribution in [0.1, 0.15) is 30.3 Å². The van der Waals surface area contributed by atoms with Crippen molar-refractivity contribution in [3.63, 3.8) is 0 Å². The van der Waals surface area contributed by atoms with Crippen molar-refractivity contribution in [2.75, 3.05) is 11.9 Å². The van der Waals surface area contributed by atoms with Crippen LogP contribution < -0.4 is 5.32 Å². The average molecular weight is 465 g/mol. The van der Waals surface area contributed by atoms with E-state index in [9.17, 15) is 9.18 Å². The molecule has 6 nitrogen and oxygen atoms in total. The number of benzene rings is 1. The Morgan fingerprint density at radius 2 is 2.27 bits per heavy atom. The van der Waals surface area contributed by atoms with Gasteiger partial charge in [0.15, 0.2) is 0 Å². The summed E-state index contributed by atoms with van der Waals surface area (Å²) >= 11 is 9.05. The third kappa shape index (κ3) is 4.10. The number of esters is 1. The number of allylic oxidation sites excluding steroid dienone is 1. The first kappa shape index (κ1) is 20.9. The number of ether oxygens (including phenoxy) is 1. The number of anilines is 1. The lowest BCUT2D eigenvalue weighted by Crippen LogP contribution is -2.29. The highest BCUT2D eigenvalue weighted by molar-refractivity contribution is 7.98. The van der Waals surface area contributed by atoms with E-state index in [1.807, 2.05) is 24.4 Å². The number of aromatic nitrogens is 3. The van der Waals surface area contributed by atoms with Gasteiger partial charge >= 0.3 is 5.97 Å². The number of nitrogens with one attached hydrogen (secondary N) is 1. The smallest absolute Gasteiger partial charge is 0.338 e. The predicted octanol–water partition coefficient (Wildman–Crippen LogP) is 5.28. The van der Waals surface area contributed by atoms with Gasteiger partial charge in [-0.15, -0.1) is 16.4 Å². The van der Waals surface area contributed by atoms with Gasteiger partial charge in [0.05, 0.1) is 12.2 Å². The van der Waals surface area contributed by atoms with Crippen LogP contribution in [0.25, 0.3) is 0 Å². The molecule has 10 heteroatoms. The highest BCUT2D eigenvalue weighted by Crippen LogP contribution is 2.38. The lowest BCUT2D eigenvalue weighted by atomic mass is 10.0. The predicted molar refractivity (Wildman–Crippen MR) is 116 cm³/mol. The molecular weight excluding hydrogens is 447 g/mol. The molecule has 3 aromatic rings. The van der Waals surface area contributed by atoms with Crippen LogP contribution in [0.15, 0.2) is 52.1 Å². The van der Waals surface area contributed by atoms with Gasteiger partial charge in [-0.25, -0.2) is 13.9 Å². The average Bonchev–Trinajstić information content (AvgIpc) is 3.36. The van der Waals surface area contributed by atoms with Crippen molar-refractivity contribution in [1.29, 1.82) is 0 Å². The second kappa shape index (κ2) is 8.79. The molecule has 1 aliphatic rings. The van der Waals surface area contributed by atoms with Gasteiger partial charge in [0.25, 0.3) is 0 Å². The van der Waals surface area contributed by atoms with Crippen molar-refractivity contribution in [2.45, 2.75) is 30.8 Å². The van der Waals surface area contributed by atoms with Crippen LogP contribution in [-0.4, -0.2) is 27.3 Å². The number of hydrogen-bond acceptors (Lipinski definition) is 7. The van der Waals surface area contributed by atoms with Gasteiger partial charge in [0.1, 0.15) is 11.9 Å². The third-order valence-corrected chi connectivity index (χ3v) is 6.68. The van der Waals surface area contributed by atoms with Gasteiger partial charge in [-0.1, -0.05) is 35.5 Å². The quantitative estimate of drug-likeness (QED) is 0.395. The summed E-state index contributed by atoms with van der Waals surface area (Å²) in [5.74, 6) is 0.282. The van der Waals surface area contributed by atoms with E-state index in [1.54, 1.807) is 17.7 Å². The molecule has 30 heavy (non-hydrogen) atoms. The Labute approximate surface area is 186 Å². The maximum Gasteiger partial charge on any atom is 0.338 e. The highest BCUT2D eigenvalue weighted by Gasteiger charge is 2.35. The van der Waals surface area contributed by atoms with Crippen molar-refractivity contribution in [3.05, 3.63) is 68.3 Å². The first-order chi connectivity index (χ1) is 14.5. The van der Waals surface area contributed by atoms with E-state index < -0.39 is 6.04 Å². The molecule has 0 radical (unpaired) electrons. The summed E-state index contributed by atoms with van der Waals surface area (Å²) in [4.78, 5) is 18.2. The second-order valence-electron chi connectivity index (χ2n) is 6.49. The Kier molecular flexibility index (Phi) is 6.12. The van der Waals surface area contributed by atoms with Crippen LogP contribution in [0.4, 0.5) is 10.3 Å². The van der Waals surface area contributed by atoms with Gasteiger partial charge in [-0.2, -0.15) is 4.98 Å². The first-order valence-electron chi connectivity index (χ1n) is 9.19. The number of halogens is 2. The van der Waals surface area contributed by atoms with E-state index in [-0.39, 0.29) is 18.4 Å². The van der Waals surface area contributed by atoms with Crippen molar-refractivity contribution in [1.82, 2.24) is 14.8 Å². The Balaban J connectivity index is 1.65. The Bertz CT molecular complexity index is 1110. The number of fused-ring (bicyclic) bond motifs is 1. The molecular formula is C20H18ClFN4O2S2. The van der Waals surface area contributed by atoms with E-state index in [0.29, 0.717) is 33.2 Å². The van der Waals surface area contributed by atoms with Crippen LogP contribution >= 0.6 is 34.7 Å². The molecule has 2 aromatic heterocycles. The minimum absolute atomic E-state index is 0.288. The number of carbonyl (C=O) groups excluding carboxylic acids is 1. The van der Waals surface area contributed by atoms with Gasteiger partial charge in [-0.05, 0) is 43.0 Å². The zero-order chi connectivity index (χ0) is 21.3. The minimum atomic E-state index is -0.420. The summed E-state index contributed by atoms with van der Waals surface area (Å²) in [6, 6.07) is 7.79. The zero-order valence-electron chi connectivity index (χ0n) is 16.2. The highest BCUT2D eigenvalue weighted by atomic mass is 35.5. The van der Waals surface area contributed by atoms with E-state index in [2.05, 4.69) is 15.4 Å². The van der Waals surface area contributed by atoms with Crippen molar-refractivity contribution in [3.8, 4) is 0 Å². The third-order valence-electron chi connectivity index (χ3n) is 4.51. The standard InChI is InChI=1S/C20H18ClFN4O2S2/c1-3-28-18(27)16-11(2)23-19-24-20(25-26(19)17(16)15-5-4-8-29-15)30-10-12-6-7-13(22)9-14(12)21/h4-9,17H,3,10H2,1-2H3,(H,23,24,25)/t17-/m0/s1. The lowest BCUT2D eigenvalue weighted by molar-refractivity contribution is -0.139. The molecule has 0 saturated carbocycles. The molecule has 1 atom stereocenters. The number of carbonyl (C=O) groups is 1. The molecule has 1 aromatic carbocycles. The lowest BCUT2D eigenvalue weighted by Gasteiger charge is -2.26. The summed E-state index contributed by atoms with van der Waals surface area (Å²) in [6.07, 6.45) is 0. The summed E-state index contributed by atoms with van der Waals surface area (Å²) in [5.41, 5.74) is 1.99. The largest absolute Gasteiger partial charge is 0.463 e. The normalized spacial score (nSPS) is 15.7. The number of thioether (sulfide) groups is 1. The van der Waals surface area contributed by atoms with Crippen LogP contribution in [-0.2, 0) is 15.3 Å². The molecule has 156 valence electrons. The zero-order valence-corrected chi connectivity index (χ0v) is 18.6. The molecule has 0 spiro atoms. The second-order valence-corrected chi connectivity index (χ2v) is 8.82.